The number of aryl methyl sites for hydroxylation is 1. The van der Waals surface area contributed by atoms with E-state index in [1.807, 2.05) is 24.3 Å². The highest BCUT2D eigenvalue weighted by atomic mass is 79.9. The average molecular weight is 411 g/mol. The van der Waals surface area contributed by atoms with E-state index in [4.69, 9.17) is 0 Å². The first-order valence-electron chi connectivity index (χ1n) is 7.91. The zero-order chi connectivity index (χ0) is 18.0. The molecule has 1 aromatic heterocycles. The second kappa shape index (κ2) is 7.07. The van der Waals surface area contributed by atoms with Crippen molar-refractivity contribution >= 4 is 27.5 Å². The van der Waals surface area contributed by atoms with E-state index >= 15 is 0 Å². The van der Waals surface area contributed by atoms with Crippen molar-refractivity contribution in [3.8, 4) is 5.88 Å². The normalized spacial score (nSPS) is 15.6. The van der Waals surface area contributed by atoms with Gasteiger partial charge in [-0.05, 0) is 43.5 Å². The number of carbonyl (C=O) groups excluding carboxylic acids is 1. The number of amides is 1. The Hall–Kier alpha value is -2.02. The molecule has 1 N–H and O–H groups in total. The van der Waals surface area contributed by atoms with E-state index in [2.05, 4.69) is 31.0 Å². The molecule has 25 heavy (non-hydrogen) atoms. The van der Waals surface area contributed by atoms with Crippen LogP contribution in [-0.4, -0.2) is 17.5 Å². The van der Waals surface area contributed by atoms with Crippen molar-refractivity contribution < 1.29 is 18.3 Å². The number of aromatic nitrogens is 1. The lowest BCUT2D eigenvalue weighted by molar-refractivity contribution is -0.124. The molecule has 1 heterocycles. The monoisotopic (exact) mass is 410 g/mol. The third-order valence-electron chi connectivity index (χ3n) is 4.48. The van der Waals surface area contributed by atoms with Crippen LogP contribution < -0.4 is 10.1 Å². The molecule has 1 amide bonds. The number of hydrogen-bond acceptors (Lipinski definition) is 3. The molecular formula is C18H17BrF2N2O2. The van der Waals surface area contributed by atoms with Gasteiger partial charge in [-0.25, -0.2) is 4.98 Å². The number of halogens is 3. The van der Waals surface area contributed by atoms with Crippen molar-refractivity contribution in [2.24, 2.45) is 0 Å². The van der Waals surface area contributed by atoms with Crippen LogP contribution >= 0.6 is 15.9 Å². The molecule has 7 heteroatoms. The number of hydrogen-bond donors (Lipinski definition) is 1. The van der Waals surface area contributed by atoms with Gasteiger partial charge in [0.2, 0.25) is 11.8 Å². The Kier molecular flexibility index (Phi) is 5.03. The van der Waals surface area contributed by atoms with Crippen molar-refractivity contribution in [2.45, 2.75) is 38.2 Å². The topological polar surface area (TPSA) is 51.2 Å². The molecule has 1 aromatic carbocycles. The van der Waals surface area contributed by atoms with E-state index in [0.717, 1.165) is 16.5 Å². The van der Waals surface area contributed by atoms with E-state index in [9.17, 15) is 13.6 Å². The number of nitrogens with one attached hydrogen (secondary N) is 1. The highest BCUT2D eigenvalue weighted by Gasteiger charge is 2.46. The third-order valence-corrected chi connectivity index (χ3v) is 5.17. The number of benzene rings is 1. The maximum atomic E-state index is 13.0. The molecule has 0 spiro atoms. The van der Waals surface area contributed by atoms with Gasteiger partial charge in [0.25, 0.3) is 0 Å². The highest BCUT2D eigenvalue weighted by Crippen LogP contribution is 2.47. The van der Waals surface area contributed by atoms with E-state index in [-0.39, 0.29) is 17.5 Å². The van der Waals surface area contributed by atoms with Gasteiger partial charge in [0, 0.05) is 10.2 Å². The largest absolute Gasteiger partial charge is 0.415 e. The predicted molar refractivity (Wildman–Crippen MR) is 93.9 cm³/mol. The number of alkyl halides is 2. The molecule has 0 saturated heterocycles. The smallest absolute Gasteiger partial charge is 0.388 e. The minimum atomic E-state index is -3.01. The summed E-state index contributed by atoms with van der Waals surface area (Å²) in [5, 5.41) is 2.73. The van der Waals surface area contributed by atoms with E-state index in [1.54, 1.807) is 13.0 Å². The number of anilines is 1. The Morgan fingerprint density at radius 3 is 2.60 bits per heavy atom. The standard InChI is InChI=1S/C18H17BrF2N2O2/c1-11-7-8-14(15(22-11)25-17(20)21)23-16(24)18(9-4-10-18)12-5-2-3-6-13(12)19/h2-3,5-8,17H,4,9-10H2,1H3,(H,23,24). The van der Waals surface area contributed by atoms with E-state index in [1.165, 1.54) is 6.07 Å². The lowest BCUT2D eigenvalue weighted by atomic mass is 9.64. The van der Waals surface area contributed by atoms with Gasteiger partial charge in [0.05, 0.1) is 5.41 Å². The summed E-state index contributed by atoms with van der Waals surface area (Å²) in [5.74, 6) is -0.514. The lowest BCUT2D eigenvalue weighted by Crippen LogP contribution is -2.46. The van der Waals surface area contributed by atoms with Gasteiger partial charge in [-0.2, -0.15) is 8.78 Å². The maximum absolute atomic E-state index is 13.0. The summed E-state index contributed by atoms with van der Waals surface area (Å²) in [6.45, 7) is -1.34. The van der Waals surface area contributed by atoms with Gasteiger partial charge in [0.15, 0.2) is 0 Å². The average Bonchev–Trinajstić information content (AvgIpc) is 2.50. The molecule has 1 aliphatic rings. The van der Waals surface area contributed by atoms with Crippen molar-refractivity contribution in [1.29, 1.82) is 0 Å². The minimum Gasteiger partial charge on any atom is -0.415 e. The van der Waals surface area contributed by atoms with Crippen LogP contribution in [0.4, 0.5) is 14.5 Å². The fraction of sp³-hybridized carbons (Fsp3) is 0.333. The summed E-state index contributed by atoms with van der Waals surface area (Å²) in [6, 6.07) is 10.7. The van der Waals surface area contributed by atoms with Gasteiger partial charge in [-0.3, -0.25) is 4.79 Å². The van der Waals surface area contributed by atoms with Crippen LogP contribution in [0.25, 0.3) is 0 Å². The summed E-state index contributed by atoms with van der Waals surface area (Å²) < 4.78 is 30.5. The predicted octanol–water partition coefficient (Wildman–Crippen LogP) is 4.81. The van der Waals surface area contributed by atoms with Crippen LogP contribution in [0.5, 0.6) is 5.88 Å². The lowest BCUT2D eigenvalue weighted by Gasteiger charge is -2.41. The van der Waals surface area contributed by atoms with Gasteiger partial charge in [-0.15, -0.1) is 0 Å². The van der Waals surface area contributed by atoms with Crippen LogP contribution in [0, 0.1) is 6.92 Å². The Balaban J connectivity index is 1.90. The Morgan fingerprint density at radius 2 is 2.00 bits per heavy atom. The molecule has 0 bridgehead atoms. The van der Waals surface area contributed by atoms with Crippen LogP contribution in [0.1, 0.15) is 30.5 Å². The minimum absolute atomic E-state index is 0.147. The molecule has 0 unspecified atom stereocenters. The van der Waals surface area contributed by atoms with Gasteiger partial charge >= 0.3 is 6.61 Å². The molecule has 2 aromatic rings. The molecule has 0 radical (unpaired) electrons. The van der Waals surface area contributed by atoms with Crippen LogP contribution in [0.2, 0.25) is 0 Å². The Labute approximate surface area is 152 Å². The molecule has 4 nitrogen and oxygen atoms in total. The Morgan fingerprint density at radius 1 is 1.28 bits per heavy atom. The first kappa shape index (κ1) is 17.8. The molecule has 1 fully saturated rings. The molecule has 0 atom stereocenters. The summed E-state index contributed by atoms with van der Waals surface area (Å²) in [4.78, 5) is 16.9. The summed E-state index contributed by atoms with van der Waals surface area (Å²) >= 11 is 3.50. The van der Waals surface area contributed by atoms with Crippen LogP contribution in [-0.2, 0) is 10.2 Å². The van der Waals surface area contributed by atoms with Gasteiger partial charge < -0.3 is 10.1 Å². The number of nitrogens with zero attached hydrogens (tertiary/aromatic N) is 1. The van der Waals surface area contributed by atoms with Crippen molar-refractivity contribution in [2.75, 3.05) is 5.32 Å². The number of pyridine rings is 1. The molecule has 1 aliphatic carbocycles. The molecule has 1 saturated carbocycles. The zero-order valence-corrected chi connectivity index (χ0v) is 15.1. The second-order valence-electron chi connectivity index (χ2n) is 6.05. The zero-order valence-electron chi connectivity index (χ0n) is 13.6. The molecule has 0 aliphatic heterocycles. The summed E-state index contributed by atoms with van der Waals surface area (Å²) in [7, 11) is 0. The highest BCUT2D eigenvalue weighted by molar-refractivity contribution is 9.10. The molecule has 3 rings (SSSR count). The molecular weight excluding hydrogens is 394 g/mol. The maximum Gasteiger partial charge on any atom is 0.388 e. The van der Waals surface area contributed by atoms with E-state index in [0.29, 0.717) is 18.5 Å². The fourth-order valence-electron chi connectivity index (χ4n) is 3.04. The van der Waals surface area contributed by atoms with Crippen LogP contribution in [0.15, 0.2) is 40.9 Å². The fourth-order valence-corrected chi connectivity index (χ4v) is 3.71. The SMILES string of the molecule is Cc1ccc(NC(=O)C2(c3ccccc3Br)CCC2)c(OC(F)F)n1. The van der Waals surface area contributed by atoms with Gasteiger partial charge in [-0.1, -0.05) is 40.5 Å². The quantitative estimate of drug-likeness (QED) is 0.768. The number of carbonyl (C=O) groups is 1. The first-order valence-corrected chi connectivity index (χ1v) is 8.70. The third kappa shape index (κ3) is 3.51. The van der Waals surface area contributed by atoms with Crippen LogP contribution in [0.3, 0.4) is 0 Å². The van der Waals surface area contributed by atoms with Crippen molar-refractivity contribution in [3.05, 3.63) is 52.1 Å². The summed E-state index contributed by atoms with van der Waals surface area (Å²) in [5.41, 5.74) is 0.898. The van der Waals surface area contributed by atoms with Crippen molar-refractivity contribution in [1.82, 2.24) is 4.98 Å². The van der Waals surface area contributed by atoms with Gasteiger partial charge in [0.1, 0.15) is 5.69 Å². The Bertz CT molecular complexity index is 794. The van der Waals surface area contributed by atoms with E-state index < -0.39 is 12.0 Å². The summed E-state index contributed by atoms with van der Waals surface area (Å²) in [6.07, 6.45) is 2.33. The number of rotatable bonds is 5. The number of ether oxygens (including phenoxy) is 1. The molecule has 132 valence electrons. The second-order valence-corrected chi connectivity index (χ2v) is 6.91. The van der Waals surface area contributed by atoms with Crippen molar-refractivity contribution in [3.63, 3.8) is 0 Å². The first-order chi connectivity index (χ1) is 11.9.